The third-order valence-corrected chi connectivity index (χ3v) is 4.03. The zero-order chi connectivity index (χ0) is 12.4. The summed E-state index contributed by atoms with van der Waals surface area (Å²) in [5.41, 5.74) is 2.99. The molecule has 2 heterocycles. The fourth-order valence-corrected chi connectivity index (χ4v) is 2.94. The molecule has 94 valence electrons. The molecule has 1 aliphatic rings. The van der Waals surface area contributed by atoms with Crippen molar-refractivity contribution in [3.05, 3.63) is 29.0 Å². The molecule has 4 heteroatoms. The summed E-state index contributed by atoms with van der Waals surface area (Å²) in [5, 5.41) is 3.53. The third-order valence-electron chi connectivity index (χ3n) is 3.60. The summed E-state index contributed by atoms with van der Waals surface area (Å²) >= 11 is 3.43. The number of hydrogen-bond donors (Lipinski definition) is 1. The minimum absolute atomic E-state index is 0.823. The molecule has 1 saturated carbocycles. The van der Waals surface area contributed by atoms with Gasteiger partial charge >= 0.3 is 0 Å². The van der Waals surface area contributed by atoms with Crippen LogP contribution < -0.4 is 5.32 Å². The van der Waals surface area contributed by atoms with Crippen LogP contribution in [0.1, 0.15) is 25.7 Å². The number of hydrogen-bond acceptors (Lipinski definition) is 3. The summed E-state index contributed by atoms with van der Waals surface area (Å²) in [4.78, 5) is 8.80. The highest BCUT2D eigenvalue weighted by Gasteiger charge is 2.15. The van der Waals surface area contributed by atoms with Gasteiger partial charge in [0.15, 0.2) is 0 Å². The van der Waals surface area contributed by atoms with E-state index in [9.17, 15) is 0 Å². The lowest BCUT2D eigenvalue weighted by atomic mass is 10.1. The van der Waals surface area contributed by atoms with Crippen molar-refractivity contribution in [1.29, 1.82) is 0 Å². The van der Waals surface area contributed by atoms with E-state index in [1.165, 1.54) is 25.7 Å². The van der Waals surface area contributed by atoms with Crippen molar-refractivity contribution >= 4 is 32.7 Å². The molecule has 0 radical (unpaired) electrons. The summed E-state index contributed by atoms with van der Waals surface area (Å²) in [6.45, 7) is 1.05. The van der Waals surface area contributed by atoms with Crippen molar-refractivity contribution in [3.63, 3.8) is 0 Å². The number of aromatic nitrogens is 2. The number of halogens is 1. The van der Waals surface area contributed by atoms with Gasteiger partial charge in [-0.1, -0.05) is 12.8 Å². The van der Waals surface area contributed by atoms with E-state index in [0.717, 1.165) is 33.7 Å². The molecule has 0 aliphatic heterocycles. The van der Waals surface area contributed by atoms with Gasteiger partial charge in [-0.25, -0.2) is 0 Å². The number of nitrogens with one attached hydrogen (secondary N) is 1. The largest absolute Gasteiger partial charge is 0.383 e. The maximum absolute atomic E-state index is 4.45. The Bertz CT molecular complexity index is 550. The van der Waals surface area contributed by atoms with Crippen LogP contribution in [0.25, 0.3) is 11.0 Å². The van der Waals surface area contributed by atoms with Gasteiger partial charge in [-0.3, -0.25) is 9.97 Å². The molecule has 1 fully saturated rings. The van der Waals surface area contributed by atoms with E-state index in [4.69, 9.17) is 0 Å². The van der Waals surface area contributed by atoms with Crippen molar-refractivity contribution in [3.8, 4) is 0 Å². The minimum atomic E-state index is 0.823. The Morgan fingerprint density at radius 3 is 2.94 bits per heavy atom. The van der Waals surface area contributed by atoms with Crippen LogP contribution in [-0.2, 0) is 0 Å². The molecule has 3 rings (SSSR count). The lowest BCUT2D eigenvalue weighted by Crippen LogP contribution is -2.11. The average molecular weight is 306 g/mol. The van der Waals surface area contributed by atoms with E-state index in [2.05, 4.69) is 31.2 Å². The van der Waals surface area contributed by atoms with Crippen LogP contribution >= 0.6 is 15.9 Å². The quantitative estimate of drug-likeness (QED) is 0.931. The van der Waals surface area contributed by atoms with Gasteiger partial charge in [-0.15, -0.1) is 0 Å². The Balaban J connectivity index is 1.82. The van der Waals surface area contributed by atoms with E-state index in [1.807, 2.05) is 24.5 Å². The summed E-state index contributed by atoms with van der Waals surface area (Å²) in [7, 11) is 0. The van der Waals surface area contributed by atoms with Crippen LogP contribution in [0.5, 0.6) is 0 Å². The SMILES string of the molecule is Brc1cnc2c(NCC3CCCC3)ccnc2c1. The first-order valence-electron chi connectivity index (χ1n) is 6.47. The van der Waals surface area contributed by atoms with E-state index in [1.54, 1.807) is 0 Å². The molecule has 3 nitrogen and oxygen atoms in total. The molecule has 0 bridgehead atoms. The standard InChI is InChI=1S/C14H16BrN3/c15-11-7-13-14(18-9-11)12(5-6-16-13)17-8-10-3-1-2-4-10/h5-7,9-10H,1-4,8H2,(H,16,17). The van der Waals surface area contributed by atoms with E-state index >= 15 is 0 Å². The van der Waals surface area contributed by atoms with Crippen LogP contribution in [0.2, 0.25) is 0 Å². The second-order valence-electron chi connectivity index (χ2n) is 4.91. The molecule has 2 aromatic rings. The van der Waals surface area contributed by atoms with Crippen LogP contribution in [0.4, 0.5) is 5.69 Å². The maximum atomic E-state index is 4.45. The molecule has 1 N–H and O–H groups in total. The molecular weight excluding hydrogens is 290 g/mol. The highest BCUT2D eigenvalue weighted by atomic mass is 79.9. The molecule has 0 saturated heterocycles. The smallest absolute Gasteiger partial charge is 0.112 e. The number of anilines is 1. The first kappa shape index (κ1) is 11.9. The predicted molar refractivity (Wildman–Crippen MR) is 77.7 cm³/mol. The summed E-state index contributed by atoms with van der Waals surface area (Å²) in [5.74, 6) is 0.823. The first-order valence-corrected chi connectivity index (χ1v) is 7.26. The van der Waals surface area contributed by atoms with Crippen LogP contribution in [0.3, 0.4) is 0 Å². The molecule has 0 amide bonds. The van der Waals surface area contributed by atoms with Crippen molar-refractivity contribution in [2.75, 3.05) is 11.9 Å². The van der Waals surface area contributed by atoms with Crippen LogP contribution in [0, 0.1) is 5.92 Å². The van der Waals surface area contributed by atoms with E-state index in [-0.39, 0.29) is 0 Å². The zero-order valence-corrected chi connectivity index (χ0v) is 11.8. The van der Waals surface area contributed by atoms with Gasteiger partial charge in [0.1, 0.15) is 5.52 Å². The average Bonchev–Trinajstić information content (AvgIpc) is 2.89. The molecule has 2 aromatic heterocycles. The molecule has 0 unspecified atom stereocenters. The van der Waals surface area contributed by atoms with Crippen molar-refractivity contribution in [1.82, 2.24) is 9.97 Å². The van der Waals surface area contributed by atoms with Gasteiger partial charge in [0.2, 0.25) is 0 Å². The monoisotopic (exact) mass is 305 g/mol. The predicted octanol–water partition coefficient (Wildman–Crippen LogP) is 3.99. The molecule has 0 spiro atoms. The highest BCUT2D eigenvalue weighted by molar-refractivity contribution is 9.10. The highest BCUT2D eigenvalue weighted by Crippen LogP contribution is 2.26. The summed E-state index contributed by atoms with van der Waals surface area (Å²) < 4.78 is 0.968. The summed E-state index contributed by atoms with van der Waals surface area (Å²) in [6, 6.07) is 4.02. The summed E-state index contributed by atoms with van der Waals surface area (Å²) in [6.07, 6.45) is 9.14. The molecular formula is C14H16BrN3. The van der Waals surface area contributed by atoms with Crippen molar-refractivity contribution in [2.45, 2.75) is 25.7 Å². The zero-order valence-electron chi connectivity index (χ0n) is 10.2. The van der Waals surface area contributed by atoms with Gasteiger partial charge in [-0.05, 0) is 46.8 Å². The van der Waals surface area contributed by atoms with Gasteiger partial charge in [0.05, 0.1) is 11.2 Å². The normalized spacial score (nSPS) is 16.3. The Hall–Kier alpha value is -1.16. The molecule has 18 heavy (non-hydrogen) atoms. The van der Waals surface area contributed by atoms with E-state index < -0.39 is 0 Å². The lowest BCUT2D eigenvalue weighted by molar-refractivity contribution is 0.580. The minimum Gasteiger partial charge on any atom is -0.383 e. The molecule has 0 atom stereocenters. The number of fused-ring (bicyclic) bond motifs is 1. The Labute approximate surface area is 115 Å². The van der Waals surface area contributed by atoms with Gasteiger partial charge in [0, 0.05) is 23.4 Å². The molecule has 0 aromatic carbocycles. The lowest BCUT2D eigenvalue weighted by Gasteiger charge is -2.12. The topological polar surface area (TPSA) is 37.8 Å². The Morgan fingerprint density at radius 2 is 2.11 bits per heavy atom. The second kappa shape index (κ2) is 5.22. The van der Waals surface area contributed by atoms with E-state index in [0.29, 0.717) is 0 Å². The van der Waals surface area contributed by atoms with Gasteiger partial charge in [-0.2, -0.15) is 0 Å². The van der Waals surface area contributed by atoms with Crippen LogP contribution in [-0.4, -0.2) is 16.5 Å². The van der Waals surface area contributed by atoms with Crippen LogP contribution in [0.15, 0.2) is 29.0 Å². The molecule has 1 aliphatic carbocycles. The number of nitrogens with zero attached hydrogens (tertiary/aromatic N) is 2. The maximum Gasteiger partial charge on any atom is 0.112 e. The van der Waals surface area contributed by atoms with Gasteiger partial charge < -0.3 is 5.32 Å². The fraction of sp³-hybridized carbons (Fsp3) is 0.429. The second-order valence-corrected chi connectivity index (χ2v) is 5.83. The Kier molecular flexibility index (Phi) is 3.46. The van der Waals surface area contributed by atoms with Crippen molar-refractivity contribution in [2.24, 2.45) is 5.92 Å². The first-order chi connectivity index (χ1) is 8.83. The fourth-order valence-electron chi connectivity index (χ4n) is 2.62. The third kappa shape index (κ3) is 2.48. The van der Waals surface area contributed by atoms with Gasteiger partial charge in [0.25, 0.3) is 0 Å². The van der Waals surface area contributed by atoms with Crippen molar-refractivity contribution < 1.29 is 0 Å². The Morgan fingerprint density at radius 1 is 1.28 bits per heavy atom. The number of rotatable bonds is 3. The number of pyridine rings is 2.